The number of aryl methyl sites for hydroxylation is 1. The van der Waals surface area contributed by atoms with Crippen LogP contribution in [0.25, 0.3) is 6.08 Å². The van der Waals surface area contributed by atoms with Gasteiger partial charge in [-0.05, 0) is 60.2 Å². The third-order valence-electron chi connectivity index (χ3n) is 5.71. The van der Waals surface area contributed by atoms with Crippen molar-refractivity contribution < 1.29 is 14.3 Å². The third kappa shape index (κ3) is 3.94. The minimum absolute atomic E-state index is 0.000248. The summed E-state index contributed by atoms with van der Waals surface area (Å²) in [5, 5.41) is 5.98. The quantitative estimate of drug-likeness (QED) is 0.606. The van der Waals surface area contributed by atoms with E-state index in [9.17, 15) is 9.59 Å². The predicted molar refractivity (Wildman–Crippen MR) is 120 cm³/mol. The lowest BCUT2D eigenvalue weighted by molar-refractivity contribution is -0.115. The van der Waals surface area contributed by atoms with Gasteiger partial charge in [-0.1, -0.05) is 54.6 Å². The lowest BCUT2D eigenvalue weighted by Gasteiger charge is -2.26. The molecule has 1 heterocycles. The van der Waals surface area contributed by atoms with Gasteiger partial charge >= 0.3 is 0 Å². The van der Waals surface area contributed by atoms with E-state index in [4.69, 9.17) is 4.74 Å². The van der Waals surface area contributed by atoms with Gasteiger partial charge in [0.25, 0.3) is 11.8 Å². The van der Waals surface area contributed by atoms with Gasteiger partial charge in [-0.2, -0.15) is 0 Å². The van der Waals surface area contributed by atoms with Crippen molar-refractivity contribution >= 4 is 23.6 Å². The summed E-state index contributed by atoms with van der Waals surface area (Å²) in [7, 11) is 0. The van der Waals surface area contributed by atoms with Crippen molar-refractivity contribution in [2.75, 3.05) is 5.32 Å². The van der Waals surface area contributed by atoms with E-state index in [1.54, 1.807) is 24.3 Å². The van der Waals surface area contributed by atoms with Gasteiger partial charge < -0.3 is 15.4 Å². The summed E-state index contributed by atoms with van der Waals surface area (Å²) in [5.41, 5.74) is 4.34. The molecule has 3 aromatic carbocycles. The smallest absolute Gasteiger partial charge is 0.291 e. The first-order chi connectivity index (χ1) is 15.2. The van der Waals surface area contributed by atoms with Crippen molar-refractivity contribution in [1.82, 2.24) is 5.32 Å². The Morgan fingerprint density at radius 1 is 1.03 bits per heavy atom. The maximum atomic E-state index is 12.9. The largest absolute Gasteiger partial charge is 0.449 e. The first-order valence-corrected chi connectivity index (χ1v) is 10.5. The van der Waals surface area contributed by atoms with Crippen LogP contribution < -0.4 is 15.4 Å². The van der Waals surface area contributed by atoms with Crippen molar-refractivity contribution in [1.29, 1.82) is 0 Å². The Hall–Kier alpha value is -3.86. The second-order valence-corrected chi connectivity index (χ2v) is 7.80. The zero-order valence-corrected chi connectivity index (χ0v) is 16.9. The van der Waals surface area contributed by atoms with Crippen molar-refractivity contribution in [2.45, 2.75) is 25.3 Å². The molecule has 5 heteroatoms. The van der Waals surface area contributed by atoms with Crippen LogP contribution in [0.5, 0.6) is 5.75 Å². The highest BCUT2D eigenvalue weighted by Crippen LogP contribution is 2.33. The summed E-state index contributed by atoms with van der Waals surface area (Å²) < 4.78 is 5.80. The van der Waals surface area contributed by atoms with Crippen LogP contribution in [0.15, 0.2) is 78.6 Å². The predicted octanol–water partition coefficient (Wildman–Crippen LogP) is 4.87. The van der Waals surface area contributed by atoms with Crippen molar-refractivity contribution in [3.8, 4) is 5.75 Å². The van der Waals surface area contributed by atoms with Crippen LogP contribution >= 0.6 is 0 Å². The molecule has 2 N–H and O–H groups in total. The second-order valence-electron chi connectivity index (χ2n) is 7.80. The molecule has 5 nitrogen and oxygen atoms in total. The molecule has 1 aliphatic heterocycles. The number of benzene rings is 3. The Bertz CT molecular complexity index is 1180. The maximum absolute atomic E-state index is 12.9. The normalized spacial score (nSPS) is 18.4. The van der Waals surface area contributed by atoms with Crippen LogP contribution in [0, 0.1) is 0 Å². The number of carbonyl (C=O) groups excluding carboxylic acids is 2. The zero-order valence-electron chi connectivity index (χ0n) is 16.9. The molecular formula is C26H22N2O3. The zero-order chi connectivity index (χ0) is 21.2. The van der Waals surface area contributed by atoms with Gasteiger partial charge in [0.15, 0.2) is 11.5 Å². The van der Waals surface area contributed by atoms with E-state index in [1.807, 2.05) is 42.5 Å². The summed E-state index contributed by atoms with van der Waals surface area (Å²) in [6.07, 6.45) is 4.71. The molecule has 3 aromatic rings. The lowest BCUT2D eigenvalue weighted by atomic mass is 9.87. The van der Waals surface area contributed by atoms with E-state index in [1.165, 1.54) is 11.1 Å². The summed E-state index contributed by atoms with van der Waals surface area (Å²) in [4.78, 5) is 25.4. The topological polar surface area (TPSA) is 67.4 Å². The Kier molecular flexibility index (Phi) is 5.00. The number of hydrogen-bond donors (Lipinski definition) is 2. The molecule has 0 saturated carbocycles. The molecule has 0 bridgehead atoms. The fourth-order valence-corrected chi connectivity index (χ4v) is 4.15. The van der Waals surface area contributed by atoms with E-state index >= 15 is 0 Å². The Morgan fingerprint density at radius 3 is 2.71 bits per heavy atom. The molecule has 5 rings (SSSR count). The van der Waals surface area contributed by atoms with Gasteiger partial charge in [0.2, 0.25) is 0 Å². The van der Waals surface area contributed by atoms with Gasteiger partial charge in [0.1, 0.15) is 0 Å². The minimum atomic E-state index is -0.338. The molecule has 0 unspecified atom stereocenters. The Labute approximate surface area is 180 Å². The minimum Gasteiger partial charge on any atom is -0.449 e. The van der Waals surface area contributed by atoms with E-state index in [-0.39, 0.29) is 23.6 Å². The van der Waals surface area contributed by atoms with Crippen LogP contribution in [0.4, 0.5) is 5.69 Å². The molecule has 1 atom stereocenters. The monoisotopic (exact) mass is 410 g/mol. The van der Waals surface area contributed by atoms with E-state index < -0.39 is 0 Å². The molecule has 0 radical (unpaired) electrons. The van der Waals surface area contributed by atoms with Crippen LogP contribution in [-0.2, 0) is 11.2 Å². The molecule has 0 aromatic heterocycles. The van der Waals surface area contributed by atoms with Crippen molar-refractivity contribution in [2.24, 2.45) is 0 Å². The number of fused-ring (bicyclic) bond motifs is 2. The Morgan fingerprint density at radius 2 is 1.84 bits per heavy atom. The van der Waals surface area contributed by atoms with E-state index in [0.29, 0.717) is 17.0 Å². The molecule has 0 fully saturated rings. The molecular weight excluding hydrogens is 388 g/mol. The fourth-order valence-electron chi connectivity index (χ4n) is 4.15. The van der Waals surface area contributed by atoms with Gasteiger partial charge in [-0.3, -0.25) is 9.59 Å². The SMILES string of the molecule is O=C1Nc2cc(C(=O)N[C@@H]3CCCc4ccccc43)ccc2O/C1=C/c1ccccc1. The van der Waals surface area contributed by atoms with Crippen LogP contribution in [-0.4, -0.2) is 11.8 Å². The number of amides is 2. The highest BCUT2D eigenvalue weighted by Gasteiger charge is 2.25. The number of carbonyl (C=O) groups is 2. The molecule has 2 aliphatic rings. The van der Waals surface area contributed by atoms with Crippen molar-refractivity contribution in [3.05, 3.63) is 101 Å². The van der Waals surface area contributed by atoms with Crippen molar-refractivity contribution in [3.63, 3.8) is 0 Å². The molecule has 154 valence electrons. The average Bonchev–Trinajstić information content (AvgIpc) is 2.80. The molecule has 2 amide bonds. The third-order valence-corrected chi connectivity index (χ3v) is 5.71. The van der Waals surface area contributed by atoms with Crippen LogP contribution in [0.1, 0.15) is 45.9 Å². The number of anilines is 1. The standard InChI is InChI=1S/C26H22N2O3/c29-25(27-21-12-6-10-18-9-4-5-11-20(18)21)19-13-14-23-22(16-19)28-26(30)24(31-23)15-17-7-2-1-3-8-17/h1-5,7-9,11,13-16,21H,6,10,12H2,(H,27,29)(H,28,30)/b24-15+/t21-/m1/s1. The first kappa shape index (κ1) is 19.1. The molecule has 31 heavy (non-hydrogen) atoms. The van der Waals surface area contributed by atoms with E-state index in [0.717, 1.165) is 24.8 Å². The summed E-state index contributed by atoms with van der Waals surface area (Å²) in [6, 6.07) is 22.9. The number of ether oxygens (including phenoxy) is 1. The number of rotatable bonds is 3. The summed E-state index contributed by atoms with van der Waals surface area (Å²) >= 11 is 0. The summed E-state index contributed by atoms with van der Waals surface area (Å²) in [5.74, 6) is 0.232. The molecule has 1 aliphatic carbocycles. The fraction of sp³-hybridized carbons (Fsp3) is 0.154. The number of hydrogen-bond acceptors (Lipinski definition) is 3. The van der Waals surface area contributed by atoms with Gasteiger partial charge in [-0.25, -0.2) is 0 Å². The van der Waals surface area contributed by atoms with Crippen LogP contribution in [0.2, 0.25) is 0 Å². The van der Waals surface area contributed by atoms with Gasteiger partial charge in [-0.15, -0.1) is 0 Å². The summed E-state index contributed by atoms with van der Waals surface area (Å²) in [6.45, 7) is 0. The highest BCUT2D eigenvalue weighted by atomic mass is 16.5. The Balaban J connectivity index is 1.35. The van der Waals surface area contributed by atoms with Gasteiger partial charge in [0.05, 0.1) is 11.7 Å². The highest BCUT2D eigenvalue weighted by molar-refractivity contribution is 6.09. The molecule has 0 spiro atoms. The lowest BCUT2D eigenvalue weighted by Crippen LogP contribution is -2.31. The van der Waals surface area contributed by atoms with Crippen LogP contribution in [0.3, 0.4) is 0 Å². The first-order valence-electron chi connectivity index (χ1n) is 10.5. The number of nitrogens with one attached hydrogen (secondary N) is 2. The van der Waals surface area contributed by atoms with E-state index in [2.05, 4.69) is 22.8 Å². The average molecular weight is 410 g/mol. The second kappa shape index (κ2) is 8.11. The van der Waals surface area contributed by atoms with Gasteiger partial charge in [0, 0.05) is 5.56 Å². The maximum Gasteiger partial charge on any atom is 0.291 e. The molecule has 0 saturated heterocycles.